The highest BCUT2D eigenvalue weighted by Crippen LogP contribution is 2.26. The van der Waals surface area contributed by atoms with Crippen molar-refractivity contribution in [1.29, 1.82) is 0 Å². The third-order valence-corrected chi connectivity index (χ3v) is 3.16. The summed E-state index contributed by atoms with van der Waals surface area (Å²) in [6, 6.07) is 0.413. The largest absolute Gasteiger partial charge is 0.370 e. The van der Waals surface area contributed by atoms with Crippen molar-refractivity contribution in [2.75, 3.05) is 17.2 Å². The fourth-order valence-corrected chi connectivity index (χ4v) is 1.67. The molecule has 0 bridgehead atoms. The van der Waals surface area contributed by atoms with Gasteiger partial charge in [-0.05, 0) is 27.2 Å². The molecule has 1 unspecified atom stereocenters. The summed E-state index contributed by atoms with van der Waals surface area (Å²) < 4.78 is 0. The summed E-state index contributed by atoms with van der Waals surface area (Å²) in [5, 5.41) is 6.81. The molecule has 1 heterocycles. The minimum atomic E-state index is -0.0518. The van der Waals surface area contributed by atoms with Crippen molar-refractivity contribution >= 4 is 11.6 Å². The molecule has 19 heavy (non-hydrogen) atoms. The van der Waals surface area contributed by atoms with E-state index in [1.54, 1.807) is 0 Å². The topological polar surface area (TPSA) is 49.8 Å². The van der Waals surface area contributed by atoms with Crippen LogP contribution in [0.15, 0.2) is 0 Å². The molecule has 4 nitrogen and oxygen atoms in total. The maximum atomic E-state index is 4.71. The quantitative estimate of drug-likeness (QED) is 0.851. The molecule has 0 fully saturated rings. The lowest BCUT2D eigenvalue weighted by Crippen LogP contribution is -2.22. The van der Waals surface area contributed by atoms with Crippen LogP contribution in [0, 0.1) is 6.92 Å². The van der Waals surface area contributed by atoms with Crippen molar-refractivity contribution in [3.05, 3.63) is 11.4 Å². The summed E-state index contributed by atoms with van der Waals surface area (Å²) in [5.41, 5.74) is 1.04. The predicted molar refractivity (Wildman–Crippen MR) is 83.0 cm³/mol. The second-order valence-corrected chi connectivity index (χ2v) is 6.10. The third kappa shape index (κ3) is 4.08. The zero-order valence-corrected chi connectivity index (χ0v) is 13.4. The molecule has 0 aliphatic carbocycles. The minimum absolute atomic E-state index is 0.0518. The van der Waals surface area contributed by atoms with Crippen LogP contribution in [0.1, 0.15) is 59.4 Å². The van der Waals surface area contributed by atoms with E-state index in [9.17, 15) is 0 Å². The molecule has 0 spiro atoms. The predicted octanol–water partition coefficient (Wildman–Crippen LogP) is 3.72. The number of hydrogen-bond acceptors (Lipinski definition) is 4. The van der Waals surface area contributed by atoms with Crippen LogP contribution in [0.2, 0.25) is 0 Å². The molecule has 0 saturated heterocycles. The van der Waals surface area contributed by atoms with Crippen LogP contribution in [0.25, 0.3) is 0 Å². The van der Waals surface area contributed by atoms with Crippen LogP contribution in [-0.2, 0) is 5.41 Å². The van der Waals surface area contributed by atoms with Crippen LogP contribution in [0.3, 0.4) is 0 Å². The van der Waals surface area contributed by atoms with Crippen molar-refractivity contribution in [2.45, 2.75) is 66.3 Å². The van der Waals surface area contributed by atoms with Crippen molar-refractivity contribution in [2.24, 2.45) is 0 Å². The summed E-state index contributed by atoms with van der Waals surface area (Å²) in [4.78, 5) is 9.38. The van der Waals surface area contributed by atoms with E-state index < -0.39 is 0 Å². The molecule has 1 atom stereocenters. The summed E-state index contributed by atoms with van der Waals surface area (Å²) in [5.74, 6) is 2.76. The number of nitrogens with zero attached hydrogens (tertiary/aromatic N) is 2. The Kier molecular flexibility index (Phi) is 5.15. The molecule has 0 aromatic carbocycles. The molecule has 0 saturated carbocycles. The van der Waals surface area contributed by atoms with Gasteiger partial charge in [0.2, 0.25) is 0 Å². The average molecular weight is 264 g/mol. The summed E-state index contributed by atoms with van der Waals surface area (Å²) >= 11 is 0. The minimum Gasteiger partial charge on any atom is -0.370 e. The Balaban J connectivity index is 3.23. The average Bonchev–Trinajstić information content (AvgIpc) is 2.32. The van der Waals surface area contributed by atoms with E-state index in [2.05, 4.69) is 64.1 Å². The first-order valence-corrected chi connectivity index (χ1v) is 7.19. The highest BCUT2D eigenvalue weighted by molar-refractivity contribution is 5.58. The molecule has 0 amide bonds. The molecule has 1 rings (SSSR count). The Morgan fingerprint density at radius 2 is 1.68 bits per heavy atom. The van der Waals surface area contributed by atoms with Gasteiger partial charge in [0.15, 0.2) is 0 Å². The highest BCUT2D eigenvalue weighted by atomic mass is 15.1. The van der Waals surface area contributed by atoms with E-state index in [1.807, 2.05) is 0 Å². The Labute approximate surface area is 117 Å². The number of aromatic nitrogens is 2. The van der Waals surface area contributed by atoms with Gasteiger partial charge < -0.3 is 10.6 Å². The maximum absolute atomic E-state index is 4.71. The molecule has 108 valence electrons. The van der Waals surface area contributed by atoms with Crippen LogP contribution in [-0.4, -0.2) is 22.6 Å². The van der Waals surface area contributed by atoms with Crippen LogP contribution in [0.5, 0.6) is 0 Å². The zero-order chi connectivity index (χ0) is 14.6. The summed E-state index contributed by atoms with van der Waals surface area (Å²) in [6.45, 7) is 15.8. The van der Waals surface area contributed by atoms with Gasteiger partial charge in [-0.25, -0.2) is 9.97 Å². The zero-order valence-electron chi connectivity index (χ0n) is 13.4. The van der Waals surface area contributed by atoms with Gasteiger partial charge >= 0.3 is 0 Å². The molecule has 1 aromatic heterocycles. The number of hydrogen-bond donors (Lipinski definition) is 2. The fraction of sp³-hybridized carbons (Fsp3) is 0.733. The van der Waals surface area contributed by atoms with Crippen LogP contribution in [0.4, 0.5) is 11.6 Å². The molecule has 0 radical (unpaired) electrons. The van der Waals surface area contributed by atoms with Gasteiger partial charge in [0.1, 0.15) is 17.5 Å². The van der Waals surface area contributed by atoms with Gasteiger partial charge in [0, 0.05) is 23.6 Å². The molecule has 0 aliphatic heterocycles. The molecule has 0 aliphatic rings. The highest BCUT2D eigenvalue weighted by Gasteiger charge is 2.21. The van der Waals surface area contributed by atoms with Crippen LogP contribution >= 0.6 is 0 Å². The fourth-order valence-electron chi connectivity index (χ4n) is 1.67. The van der Waals surface area contributed by atoms with Crippen molar-refractivity contribution in [3.63, 3.8) is 0 Å². The van der Waals surface area contributed by atoms with Gasteiger partial charge in [0.05, 0.1) is 0 Å². The number of anilines is 2. The SMILES string of the molecule is CCNc1nc(C(C)(C)C)nc(NC(C)CC)c1C. The van der Waals surface area contributed by atoms with Crippen molar-refractivity contribution in [1.82, 2.24) is 9.97 Å². The van der Waals surface area contributed by atoms with Gasteiger partial charge in [-0.2, -0.15) is 0 Å². The number of rotatable bonds is 5. The second-order valence-electron chi connectivity index (χ2n) is 6.10. The molecule has 4 heteroatoms. The maximum Gasteiger partial charge on any atom is 0.138 e. The first kappa shape index (κ1) is 15.7. The third-order valence-electron chi connectivity index (χ3n) is 3.16. The lowest BCUT2D eigenvalue weighted by Gasteiger charge is -2.22. The molecule has 2 N–H and O–H groups in total. The van der Waals surface area contributed by atoms with E-state index in [1.165, 1.54) is 0 Å². The Bertz CT molecular complexity index is 421. The lowest BCUT2D eigenvalue weighted by molar-refractivity contribution is 0.545. The second kappa shape index (κ2) is 6.22. The molecular weight excluding hydrogens is 236 g/mol. The van der Waals surface area contributed by atoms with E-state index in [4.69, 9.17) is 4.98 Å². The smallest absolute Gasteiger partial charge is 0.138 e. The Morgan fingerprint density at radius 1 is 1.11 bits per heavy atom. The van der Waals surface area contributed by atoms with E-state index in [0.29, 0.717) is 6.04 Å². The summed E-state index contributed by atoms with van der Waals surface area (Å²) in [7, 11) is 0. The van der Waals surface area contributed by atoms with Gasteiger partial charge in [-0.1, -0.05) is 27.7 Å². The van der Waals surface area contributed by atoms with Crippen molar-refractivity contribution in [3.8, 4) is 0 Å². The molecular formula is C15H28N4. The van der Waals surface area contributed by atoms with E-state index >= 15 is 0 Å². The molecule has 1 aromatic rings. The number of nitrogens with one attached hydrogen (secondary N) is 2. The van der Waals surface area contributed by atoms with Crippen LogP contribution < -0.4 is 10.6 Å². The van der Waals surface area contributed by atoms with Gasteiger partial charge in [-0.15, -0.1) is 0 Å². The lowest BCUT2D eigenvalue weighted by atomic mass is 9.95. The van der Waals surface area contributed by atoms with Gasteiger partial charge in [0.25, 0.3) is 0 Å². The standard InChI is InChI=1S/C15H28N4/c1-8-10(3)17-13-11(4)12(16-9-2)18-14(19-13)15(5,6)7/h10H,8-9H2,1-7H3,(H2,16,17,18,19). The Hall–Kier alpha value is -1.32. The summed E-state index contributed by atoms with van der Waals surface area (Å²) in [6.07, 6.45) is 1.07. The monoisotopic (exact) mass is 264 g/mol. The van der Waals surface area contributed by atoms with Crippen molar-refractivity contribution < 1.29 is 0 Å². The first-order chi connectivity index (χ1) is 8.79. The van der Waals surface area contributed by atoms with E-state index in [0.717, 1.165) is 36.0 Å². The normalized spacial score (nSPS) is 13.2. The first-order valence-electron chi connectivity index (χ1n) is 7.19. The van der Waals surface area contributed by atoms with Gasteiger partial charge in [-0.3, -0.25) is 0 Å². The Morgan fingerprint density at radius 3 is 2.16 bits per heavy atom. The van der Waals surface area contributed by atoms with E-state index in [-0.39, 0.29) is 5.41 Å².